The van der Waals surface area contributed by atoms with Crippen molar-refractivity contribution in [2.45, 2.75) is 96.2 Å². The molecule has 0 bridgehead atoms. The summed E-state index contributed by atoms with van der Waals surface area (Å²) in [7, 11) is 2.58. The Morgan fingerprint density at radius 3 is 2.19 bits per heavy atom. The van der Waals surface area contributed by atoms with Crippen molar-refractivity contribution in [2.75, 3.05) is 14.2 Å². The van der Waals surface area contributed by atoms with Crippen molar-refractivity contribution in [3.05, 3.63) is 102 Å². The first kappa shape index (κ1) is 41.5. The van der Waals surface area contributed by atoms with Gasteiger partial charge >= 0.3 is 12.2 Å². The number of H-pyrrole nitrogens is 2. The fourth-order valence-corrected chi connectivity index (χ4v) is 9.65. The third kappa shape index (κ3) is 7.59. The Bertz CT molecular complexity index is 2730. The minimum Gasteiger partial charge on any atom is -0.488 e. The number of alkyl carbamates (subject to hydrolysis) is 2. The smallest absolute Gasteiger partial charge is 0.407 e. The number of amides is 4. The van der Waals surface area contributed by atoms with Crippen LogP contribution in [0.25, 0.3) is 44.2 Å². The highest BCUT2D eigenvalue weighted by atomic mass is 16.5. The molecule has 6 atom stereocenters. The van der Waals surface area contributed by atoms with E-state index >= 15 is 0 Å². The van der Waals surface area contributed by atoms with Gasteiger partial charge in [-0.25, -0.2) is 19.6 Å². The number of aromatic nitrogens is 4. The molecule has 326 valence electrons. The lowest BCUT2D eigenvalue weighted by Gasteiger charge is -2.32. The van der Waals surface area contributed by atoms with Crippen molar-refractivity contribution in [1.29, 1.82) is 0 Å². The summed E-state index contributed by atoms with van der Waals surface area (Å²) in [6.45, 7) is 8.24. The van der Waals surface area contributed by atoms with E-state index in [1.54, 1.807) is 0 Å². The second-order valence-electron chi connectivity index (χ2n) is 17.2. The molecule has 63 heavy (non-hydrogen) atoms. The minimum absolute atomic E-state index is 0.0198. The number of nitrogens with one attached hydrogen (secondary N) is 4. The van der Waals surface area contributed by atoms with Gasteiger partial charge in [0.2, 0.25) is 5.91 Å². The van der Waals surface area contributed by atoms with Crippen LogP contribution in [-0.2, 0) is 25.7 Å². The molecule has 0 unspecified atom stereocenters. The predicted octanol–water partition coefficient (Wildman–Crippen LogP) is 8.25. The minimum atomic E-state index is -0.919. The van der Waals surface area contributed by atoms with Gasteiger partial charge in [-0.05, 0) is 97.4 Å². The molecule has 9 rings (SSSR count). The summed E-state index contributed by atoms with van der Waals surface area (Å²) in [6.07, 6.45) is 3.57. The third-order valence-corrected chi connectivity index (χ3v) is 13.0. The fourth-order valence-electron chi connectivity index (χ4n) is 9.65. The molecule has 0 spiro atoms. The van der Waals surface area contributed by atoms with Gasteiger partial charge in [0.1, 0.15) is 36.1 Å². The number of nitrogens with zero attached hydrogens (tertiary/aromatic N) is 4. The lowest BCUT2D eigenvalue weighted by atomic mass is 9.92. The van der Waals surface area contributed by atoms with Crippen LogP contribution in [0.4, 0.5) is 9.59 Å². The number of carbonyl (C=O) groups excluding carboxylic acids is 4. The summed E-state index contributed by atoms with van der Waals surface area (Å²) in [6, 6.07) is 21.5. The first-order valence-corrected chi connectivity index (χ1v) is 21.6. The highest BCUT2D eigenvalue weighted by molar-refractivity contribution is 6.07. The lowest BCUT2D eigenvalue weighted by molar-refractivity contribution is -0.137. The van der Waals surface area contributed by atoms with Gasteiger partial charge in [-0.15, -0.1) is 0 Å². The van der Waals surface area contributed by atoms with Crippen molar-refractivity contribution in [2.24, 2.45) is 5.92 Å². The molecular weight excluding hydrogens is 801 g/mol. The summed E-state index contributed by atoms with van der Waals surface area (Å²) >= 11 is 0. The summed E-state index contributed by atoms with van der Waals surface area (Å²) < 4.78 is 16.1. The predicted molar refractivity (Wildman–Crippen MR) is 236 cm³/mol. The maximum atomic E-state index is 14.3. The molecule has 3 aliphatic rings. The number of likely N-dealkylation sites (tertiary alicyclic amines) is 2. The van der Waals surface area contributed by atoms with Crippen LogP contribution in [0, 0.1) is 5.92 Å². The second kappa shape index (κ2) is 16.8. The van der Waals surface area contributed by atoms with E-state index in [0.717, 1.165) is 74.8 Å². The number of hydrogen-bond acceptors (Lipinski definition) is 9. The Hall–Kier alpha value is -6.90. The number of methoxy groups -OCH3 is 2. The zero-order valence-electron chi connectivity index (χ0n) is 36.2. The highest BCUT2D eigenvalue weighted by Gasteiger charge is 2.42. The zero-order chi connectivity index (χ0) is 44.1. The highest BCUT2D eigenvalue weighted by Crippen LogP contribution is 2.44. The molecule has 2 fully saturated rings. The number of aromatic amines is 2. The topological polar surface area (TPSA) is 184 Å². The largest absolute Gasteiger partial charge is 0.488 e. The maximum Gasteiger partial charge on any atom is 0.407 e. The Balaban J connectivity index is 0.973. The molecule has 4 N–H and O–H groups in total. The van der Waals surface area contributed by atoms with E-state index in [9.17, 15) is 19.2 Å². The molecule has 2 saturated heterocycles. The summed E-state index contributed by atoms with van der Waals surface area (Å²) in [5.41, 5.74) is 7.20. The standard InChI is InChI=1S/C48H52N8O7/c1-25(2)40(53-47(59)61-5)45(57)55-26(3)12-18-37(55)43-49-23-36(51-43)30-14-16-32-31(20-30)24-63-39-22-33-29(21-34(32)39)15-17-35-42(33)52-44(50-35)38-19-13-27(4)56(38)46(58)41(54-48(60)62-6)28-10-8-7-9-11-28/h7-11,14-17,20-23,25-27,37-38,40-41H,12-13,18-19,24H2,1-6H3,(H,49,51)(H,50,52)(H,53,59)(H,54,60)/t26-,27-,37-,38-,40-,41+/m0/s1. The van der Waals surface area contributed by atoms with E-state index < -0.39 is 24.3 Å². The molecular formula is C48H52N8O7. The van der Waals surface area contributed by atoms with E-state index in [1.165, 1.54) is 14.2 Å². The zero-order valence-corrected chi connectivity index (χ0v) is 36.2. The molecule has 5 heterocycles. The molecule has 15 heteroatoms. The van der Waals surface area contributed by atoms with Gasteiger partial charge < -0.3 is 44.6 Å². The Morgan fingerprint density at radius 2 is 1.48 bits per heavy atom. The SMILES string of the molecule is COC(=O)N[C@H](C(=O)N1[C@@H](C)CC[C@H]1c1ncc(-c2ccc3c(c2)COc2cc4c(ccc5[nH]c([C@@H]6CC[C@H](C)N6C(=O)[C@H](NC(=O)OC)c6ccccc6)nc54)cc2-3)[nH]1)C(C)C. The molecule has 3 aliphatic heterocycles. The van der Waals surface area contributed by atoms with Crippen LogP contribution < -0.4 is 15.4 Å². The fraction of sp³-hybridized carbons (Fsp3) is 0.375. The maximum absolute atomic E-state index is 14.3. The number of fused-ring (bicyclic) bond motifs is 6. The molecule has 15 nitrogen and oxygen atoms in total. The van der Waals surface area contributed by atoms with Crippen LogP contribution in [0.1, 0.15) is 94.3 Å². The van der Waals surface area contributed by atoms with Crippen LogP contribution in [0.5, 0.6) is 5.75 Å². The second-order valence-corrected chi connectivity index (χ2v) is 17.2. The average Bonchev–Trinajstić information content (AvgIpc) is 4.12. The monoisotopic (exact) mass is 852 g/mol. The molecule has 0 radical (unpaired) electrons. The summed E-state index contributed by atoms with van der Waals surface area (Å²) in [5, 5.41) is 7.42. The van der Waals surface area contributed by atoms with Gasteiger partial charge in [-0.2, -0.15) is 0 Å². The lowest BCUT2D eigenvalue weighted by Crippen LogP contribution is -2.52. The number of carbonyl (C=O) groups is 4. The molecule has 0 saturated carbocycles. The molecule has 4 aromatic carbocycles. The van der Waals surface area contributed by atoms with Gasteiger partial charge in [0.25, 0.3) is 5.91 Å². The van der Waals surface area contributed by atoms with E-state index in [-0.39, 0.29) is 41.9 Å². The molecule has 4 amide bonds. The van der Waals surface area contributed by atoms with Gasteiger partial charge in [0.05, 0.1) is 49.2 Å². The first-order valence-electron chi connectivity index (χ1n) is 21.6. The van der Waals surface area contributed by atoms with Crippen molar-refractivity contribution >= 4 is 45.8 Å². The van der Waals surface area contributed by atoms with Crippen LogP contribution in [-0.4, -0.2) is 86.1 Å². The summed E-state index contributed by atoms with van der Waals surface area (Å²) in [5.74, 6) is 1.64. The van der Waals surface area contributed by atoms with E-state index in [1.807, 2.05) is 80.1 Å². The number of ether oxygens (including phenoxy) is 3. The van der Waals surface area contributed by atoms with Crippen molar-refractivity contribution in [3.8, 4) is 28.1 Å². The number of hydrogen-bond donors (Lipinski definition) is 4. The molecule has 0 aliphatic carbocycles. The van der Waals surface area contributed by atoms with Gasteiger partial charge in [-0.3, -0.25) is 9.59 Å². The van der Waals surface area contributed by atoms with E-state index in [0.29, 0.717) is 30.2 Å². The number of benzene rings is 4. The molecule has 6 aromatic rings. The summed E-state index contributed by atoms with van der Waals surface area (Å²) in [4.78, 5) is 73.4. The number of rotatable bonds is 9. The Labute approximate surface area is 364 Å². The van der Waals surface area contributed by atoms with Crippen molar-refractivity contribution in [3.63, 3.8) is 0 Å². The van der Waals surface area contributed by atoms with Gasteiger partial charge in [0, 0.05) is 23.0 Å². The van der Waals surface area contributed by atoms with Gasteiger partial charge in [-0.1, -0.05) is 62.4 Å². The third-order valence-electron chi connectivity index (χ3n) is 13.0. The van der Waals surface area contributed by atoms with Crippen molar-refractivity contribution < 1.29 is 33.4 Å². The Kier molecular flexibility index (Phi) is 11.0. The van der Waals surface area contributed by atoms with Crippen LogP contribution in [0.15, 0.2) is 79.0 Å². The normalized spacial score (nSPS) is 20.2. The quantitative estimate of drug-likeness (QED) is 0.111. The van der Waals surface area contributed by atoms with E-state index in [2.05, 4.69) is 57.0 Å². The van der Waals surface area contributed by atoms with Gasteiger partial charge in [0.15, 0.2) is 0 Å². The average molecular weight is 853 g/mol. The Morgan fingerprint density at radius 1 is 0.778 bits per heavy atom. The van der Waals surface area contributed by atoms with Crippen molar-refractivity contribution in [1.82, 2.24) is 40.4 Å². The molecule has 2 aromatic heterocycles. The van der Waals surface area contributed by atoms with Crippen LogP contribution >= 0.6 is 0 Å². The number of imidazole rings is 2. The van der Waals surface area contributed by atoms with Crippen LogP contribution in [0.2, 0.25) is 0 Å². The first-order chi connectivity index (χ1) is 30.4. The van der Waals surface area contributed by atoms with Crippen LogP contribution in [0.3, 0.4) is 0 Å². The van der Waals surface area contributed by atoms with E-state index in [4.69, 9.17) is 24.2 Å².